The van der Waals surface area contributed by atoms with Crippen molar-refractivity contribution in [1.82, 2.24) is 10.6 Å². The Balaban J connectivity index is 1.47. The third kappa shape index (κ3) is 6.14. The molecule has 4 aromatic rings. The zero-order valence-corrected chi connectivity index (χ0v) is 23.5. The molecule has 0 spiro atoms. The van der Waals surface area contributed by atoms with Gasteiger partial charge >= 0.3 is 0 Å². The minimum Gasteiger partial charge on any atom is -0.356 e. The number of carbonyl (C=O) groups is 1. The van der Waals surface area contributed by atoms with Gasteiger partial charge in [0.15, 0.2) is 5.11 Å². The summed E-state index contributed by atoms with van der Waals surface area (Å²) in [5.74, 6) is -0.260. The van der Waals surface area contributed by atoms with Gasteiger partial charge in [-0.3, -0.25) is 4.79 Å². The predicted octanol–water partition coefficient (Wildman–Crippen LogP) is 6.58. The van der Waals surface area contributed by atoms with Crippen LogP contribution in [0.3, 0.4) is 0 Å². The molecule has 0 bridgehead atoms. The van der Waals surface area contributed by atoms with Gasteiger partial charge in [-0.2, -0.15) is 0 Å². The van der Waals surface area contributed by atoms with E-state index in [4.69, 9.17) is 40.4 Å². The number of anilines is 1. The number of hydrogen-bond donors (Lipinski definition) is 2. The lowest BCUT2D eigenvalue weighted by atomic mass is 9.99. The molecule has 4 aromatic carbocycles. The van der Waals surface area contributed by atoms with Crippen LogP contribution in [0.15, 0.2) is 108 Å². The van der Waals surface area contributed by atoms with Gasteiger partial charge < -0.3 is 15.5 Å². The van der Waals surface area contributed by atoms with Crippen molar-refractivity contribution >= 4 is 57.8 Å². The number of hydrogen-bond acceptors (Lipinski definition) is 3. The highest BCUT2D eigenvalue weighted by Gasteiger charge is 2.31. The molecule has 1 aliphatic rings. The summed E-state index contributed by atoms with van der Waals surface area (Å²) in [4.78, 5) is 20.1. The van der Waals surface area contributed by atoms with Crippen molar-refractivity contribution in [2.24, 2.45) is 4.99 Å². The molecule has 1 aliphatic heterocycles. The van der Waals surface area contributed by atoms with Crippen molar-refractivity contribution in [2.45, 2.75) is 18.6 Å². The summed E-state index contributed by atoms with van der Waals surface area (Å²) >= 11 is 18.7. The smallest absolute Gasteiger partial charge is 0.272 e. The van der Waals surface area contributed by atoms with Gasteiger partial charge in [0.25, 0.3) is 5.91 Å². The first-order chi connectivity index (χ1) is 18.9. The van der Waals surface area contributed by atoms with Crippen molar-refractivity contribution < 1.29 is 4.79 Å². The van der Waals surface area contributed by atoms with Crippen LogP contribution < -0.4 is 15.5 Å². The highest BCUT2D eigenvalue weighted by molar-refractivity contribution is 7.80. The van der Waals surface area contributed by atoms with Gasteiger partial charge in [0, 0.05) is 28.2 Å². The maximum absolute atomic E-state index is 13.6. The van der Waals surface area contributed by atoms with Crippen LogP contribution in [0.5, 0.6) is 0 Å². The number of benzene rings is 4. The van der Waals surface area contributed by atoms with E-state index in [9.17, 15) is 4.79 Å². The number of likely N-dealkylation sites (N-methyl/N-ethyl adjacent to an activating group) is 1. The Morgan fingerprint density at radius 2 is 1.59 bits per heavy atom. The topological polar surface area (TPSA) is 56.7 Å². The number of carbonyl (C=O) groups excluding carboxylic acids is 1. The molecule has 0 aromatic heterocycles. The van der Waals surface area contributed by atoms with Gasteiger partial charge in [0.1, 0.15) is 0 Å². The average molecular weight is 574 g/mol. The van der Waals surface area contributed by atoms with E-state index in [0.717, 1.165) is 5.56 Å². The molecular formula is C31H26Cl2N4OS. The average Bonchev–Trinajstić information content (AvgIpc) is 3.04. The second kappa shape index (κ2) is 12.0. The molecule has 39 heavy (non-hydrogen) atoms. The quantitative estimate of drug-likeness (QED) is 0.256. The minimum atomic E-state index is -0.986. The first-order valence-corrected chi connectivity index (χ1v) is 13.6. The fourth-order valence-electron chi connectivity index (χ4n) is 4.62. The molecule has 5 nitrogen and oxygen atoms in total. The molecule has 2 unspecified atom stereocenters. The molecule has 0 saturated heterocycles. The Hall–Kier alpha value is -3.71. The van der Waals surface area contributed by atoms with Crippen molar-refractivity contribution in [2.75, 3.05) is 11.9 Å². The Kier molecular flexibility index (Phi) is 8.27. The summed E-state index contributed by atoms with van der Waals surface area (Å²) in [5, 5.41) is 7.94. The monoisotopic (exact) mass is 572 g/mol. The van der Waals surface area contributed by atoms with E-state index in [2.05, 4.69) is 34.9 Å². The summed E-state index contributed by atoms with van der Waals surface area (Å²) in [5.41, 5.74) is 4.89. The van der Waals surface area contributed by atoms with E-state index in [-0.39, 0.29) is 11.9 Å². The Morgan fingerprint density at radius 3 is 2.31 bits per heavy atom. The van der Waals surface area contributed by atoms with Crippen LogP contribution in [0.4, 0.5) is 5.69 Å². The standard InChI is InChI=1S/C31H26Cl2N4OS/c1-37-27-17-16-22(32)19-24(27)28(23-14-8-9-15-25(23)33)35-29(30(37)38)36-31(39)34-26(21-12-6-3-7-13-21)18-20-10-4-2-5-11-20/h2-17,19,26,29H,18H2,1H3,(H2,34,36,39). The number of fused-ring (bicyclic) bond motifs is 1. The lowest BCUT2D eigenvalue weighted by molar-refractivity contribution is -0.119. The number of aliphatic imine (C=N–C) groups is 1. The lowest BCUT2D eigenvalue weighted by Gasteiger charge is -2.25. The third-order valence-electron chi connectivity index (χ3n) is 6.58. The summed E-state index contributed by atoms with van der Waals surface area (Å²) in [6.07, 6.45) is -0.274. The number of benzodiazepines with no additional fused rings is 1. The van der Waals surface area contributed by atoms with Crippen LogP contribution in [0.1, 0.15) is 28.3 Å². The second-order valence-corrected chi connectivity index (χ2v) is 10.4. The molecule has 1 heterocycles. The van der Waals surface area contributed by atoms with E-state index in [1.54, 1.807) is 30.1 Å². The van der Waals surface area contributed by atoms with Crippen molar-refractivity contribution in [3.63, 3.8) is 0 Å². The van der Waals surface area contributed by atoms with Gasteiger partial charge in [0.05, 0.1) is 17.4 Å². The fourth-order valence-corrected chi connectivity index (χ4v) is 5.27. The Morgan fingerprint density at radius 1 is 0.923 bits per heavy atom. The van der Waals surface area contributed by atoms with Crippen LogP contribution >= 0.6 is 35.4 Å². The molecule has 2 N–H and O–H groups in total. The Labute approximate surface area is 243 Å². The van der Waals surface area contributed by atoms with Crippen LogP contribution in [-0.4, -0.2) is 29.9 Å². The minimum absolute atomic E-state index is 0.116. The normalized spacial score (nSPS) is 15.6. The number of rotatable bonds is 6. The van der Waals surface area contributed by atoms with E-state index in [1.807, 2.05) is 60.7 Å². The summed E-state index contributed by atoms with van der Waals surface area (Å²) in [7, 11) is 1.72. The molecule has 2 atom stereocenters. The Bertz CT molecular complexity index is 1530. The molecule has 5 rings (SSSR count). The predicted molar refractivity (Wildman–Crippen MR) is 164 cm³/mol. The zero-order chi connectivity index (χ0) is 27.4. The molecule has 196 valence electrons. The molecule has 8 heteroatoms. The first kappa shape index (κ1) is 26.9. The third-order valence-corrected chi connectivity index (χ3v) is 7.38. The van der Waals surface area contributed by atoms with Gasteiger partial charge in [-0.1, -0.05) is 102 Å². The van der Waals surface area contributed by atoms with E-state index in [0.29, 0.717) is 44.1 Å². The largest absolute Gasteiger partial charge is 0.356 e. The van der Waals surface area contributed by atoms with Gasteiger partial charge in [-0.15, -0.1) is 0 Å². The van der Waals surface area contributed by atoms with E-state index < -0.39 is 6.17 Å². The number of amides is 1. The zero-order valence-electron chi connectivity index (χ0n) is 21.1. The summed E-state index contributed by atoms with van der Waals surface area (Å²) in [6, 6.07) is 32.9. The SMILES string of the molecule is CN1C(=O)C(NC(=S)NC(Cc2ccccc2)c2ccccc2)N=C(c2ccccc2Cl)c2cc(Cl)ccc21. The number of nitrogens with one attached hydrogen (secondary N) is 2. The van der Waals surface area contributed by atoms with Crippen LogP contribution in [0.2, 0.25) is 10.0 Å². The van der Waals surface area contributed by atoms with Crippen LogP contribution in [0, 0.1) is 0 Å². The van der Waals surface area contributed by atoms with Crippen molar-refractivity contribution in [3.05, 3.63) is 135 Å². The number of nitrogens with zero attached hydrogens (tertiary/aromatic N) is 2. The van der Waals surface area contributed by atoms with Crippen LogP contribution in [0.25, 0.3) is 0 Å². The molecule has 0 aliphatic carbocycles. The molecular weight excluding hydrogens is 547 g/mol. The highest BCUT2D eigenvalue weighted by atomic mass is 35.5. The van der Waals surface area contributed by atoms with E-state index in [1.165, 1.54) is 5.56 Å². The second-order valence-electron chi connectivity index (χ2n) is 9.19. The van der Waals surface area contributed by atoms with Crippen molar-refractivity contribution in [1.29, 1.82) is 0 Å². The summed E-state index contributed by atoms with van der Waals surface area (Å²) < 4.78 is 0. The molecule has 0 saturated carbocycles. The molecule has 0 fully saturated rings. The van der Waals surface area contributed by atoms with Crippen LogP contribution in [-0.2, 0) is 11.2 Å². The first-order valence-electron chi connectivity index (χ1n) is 12.5. The fraction of sp³-hybridized carbons (Fsp3) is 0.129. The van der Waals surface area contributed by atoms with Gasteiger partial charge in [0.2, 0.25) is 6.17 Å². The number of halogens is 2. The maximum atomic E-state index is 13.6. The van der Waals surface area contributed by atoms with Gasteiger partial charge in [-0.05, 0) is 54.0 Å². The van der Waals surface area contributed by atoms with Crippen molar-refractivity contribution in [3.8, 4) is 0 Å². The van der Waals surface area contributed by atoms with E-state index >= 15 is 0 Å². The number of thiocarbonyl (C=S) groups is 1. The maximum Gasteiger partial charge on any atom is 0.272 e. The lowest BCUT2D eigenvalue weighted by Crippen LogP contribution is -2.50. The van der Waals surface area contributed by atoms with Gasteiger partial charge in [-0.25, -0.2) is 4.99 Å². The molecule has 0 radical (unpaired) electrons. The summed E-state index contributed by atoms with van der Waals surface area (Å²) in [6.45, 7) is 0. The molecule has 1 amide bonds. The highest BCUT2D eigenvalue weighted by Crippen LogP contribution is 2.32.